The number of amides is 1. The highest BCUT2D eigenvalue weighted by Crippen LogP contribution is 2.16. The Bertz CT molecular complexity index is 651. The van der Waals surface area contributed by atoms with E-state index in [-0.39, 0.29) is 18.1 Å². The van der Waals surface area contributed by atoms with Crippen LogP contribution in [0.4, 0.5) is 5.69 Å². The number of carbonyl (C=O) groups excluding carboxylic acids is 1. The van der Waals surface area contributed by atoms with E-state index in [9.17, 15) is 9.59 Å². The third-order valence-corrected chi connectivity index (χ3v) is 2.87. The van der Waals surface area contributed by atoms with Gasteiger partial charge in [-0.2, -0.15) is 0 Å². The van der Waals surface area contributed by atoms with Crippen LogP contribution in [0.3, 0.4) is 0 Å². The number of aromatic carboxylic acids is 1. The third-order valence-electron chi connectivity index (χ3n) is 2.87. The molecule has 2 N–H and O–H groups in total. The van der Waals surface area contributed by atoms with Gasteiger partial charge in [-0.15, -0.1) is 5.10 Å². The van der Waals surface area contributed by atoms with Crippen molar-refractivity contribution in [3.63, 3.8) is 0 Å². The van der Waals surface area contributed by atoms with Crippen LogP contribution >= 0.6 is 0 Å². The first kappa shape index (κ1) is 14.7. The minimum absolute atomic E-state index is 0.0826. The molecule has 0 atom stereocenters. The predicted molar refractivity (Wildman–Crippen MR) is 76.0 cm³/mol. The fraction of sp³-hybridized carbons (Fsp3) is 0.286. The van der Waals surface area contributed by atoms with E-state index in [4.69, 9.17) is 5.11 Å². The first-order valence-electron chi connectivity index (χ1n) is 6.61. The Labute approximate surface area is 121 Å². The van der Waals surface area contributed by atoms with Crippen molar-refractivity contribution in [3.05, 3.63) is 41.7 Å². The molecule has 1 aromatic heterocycles. The van der Waals surface area contributed by atoms with Gasteiger partial charge in [0.1, 0.15) is 6.54 Å². The number of aryl methyl sites for hydroxylation is 1. The molecule has 2 rings (SSSR count). The molecule has 1 heterocycles. The van der Waals surface area contributed by atoms with Gasteiger partial charge in [-0.05, 0) is 18.1 Å². The number of carboxylic acids is 1. The van der Waals surface area contributed by atoms with E-state index in [1.807, 2.05) is 24.3 Å². The third kappa shape index (κ3) is 3.88. The van der Waals surface area contributed by atoms with Crippen LogP contribution in [0.2, 0.25) is 0 Å². The van der Waals surface area contributed by atoms with Crippen molar-refractivity contribution in [2.75, 3.05) is 5.32 Å². The second-order valence-corrected chi connectivity index (χ2v) is 4.56. The molecule has 0 spiro atoms. The number of para-hydroxylation sites is 1. The zero-order valence-corrected chi connectivity index (χ0v) is 11.6. The topological polar surface area (TPSA) is 97.1 Å². The summed E-state index contributed by atoms with van der Waals surface area (Å²) in [4.78, 5) is 22.7. The Hall–Kier alpha value is -2.70. The lowest BCUT2D eigenvalue weighted by Gasteiger charge is -2.10. The maximum Gasteiger partial charge on any atom is 0.358 e. The lowest BCUT2D eigenvalue weighted by molar-refractivity contribution is -0.116. The van der Waals surface area contributed by atoms with Gasteiger partial charge in [-0.1, -0.05) is 36.8 Å². The fourth-order valence-corrected chi connectivity index (χ4v) is 1.94. The molecule has 7 heteroatoms. The van der Waals surface area contributed by atoms with Crippen LogP contribution in [0.25, 0.3) is 0 Å². The molecule has 0 bridgehead atoms. The van der Waals surface area contributed by atoms with Crippen LogP contribution in [0.1, 0.15) is 29.4 Å². The van der Waals surface area contributed by atoms with Gasteiger partial charge in [-0.3, -0.25) is 4.79 Å². The average Bonchev–Trinajstić information content (AvgIpc) is 2.90. The van der Waals surface area contributed by atoms with Gasteiger partial charge in [0.05, 0.1) is 6.20 Å². The molecule has 1 aromatic carbocycles. The molecule has 1 amide bonds. The molecule has 0 unspecified atom stereocenters. The summed E-state index contributed by atoms with van der Waals surface area (Å²) in [5.74, 6) is -1.45. The largest absolute Gasteiger partial charge is 0.476 e. The lowest BCUT2D eigenvalue weighted by atomic mass is 10.1. The zero-order chi connectivity index (χ0) is 15.2. The summed E-state index contributed by atoms with van der Waals surface area (Å²) >= 11 is 0. The van der Waals surface area contributed by atoms with Gasteiger partial charge in [0.2, 0.25) is 5.91 Å². The molecule has 21 heavy (non-hydrogen) atoms. The average molecular weight is 288 g/mol. The number of nitrogens with one attached hydrogen (secondary N) is 1. The van der Waals surface area contributed by atoms with Crippen molar-refractivity contribution in [2.45, 2.75) is 26.3 Å². The van der Waals surface area contributed by atoms with Gasteiger partial charge in [0.15, 0.2) is 5.69 Å². The summed E-state index contributed by atoms with van der Waals surface area (Å²) in [6.45, 7) is 1.99. The molecule has 0 saturated heterocycles. The number of hydrogen-bond acceptors (Lipinski definition) is 4. The molecule has 110 valence electrons. The highest BCUT2D eigenvalue weighted by atomic mass is 16.4. The molecule has 2 aromatic rings. The van der Waals surface area contributed by atoms with Crippen molar-refractivity contribution in [3.8, 4) is 0 Å². The van der Waals surface area contributed by atoms with E-state index < -0.39 is 5.97 Å². The summed E-state index contributed by atoms with van der Waals surface area (Å²) in [7, 11) is 0. The van der Waals surface area contributed by atoms with Crippen LogP contribution in [0.15, 0.2) is 30.5 Å². The minimum atomic E-state index is -1.17. The maximum atomic E-state index is 12.0. The Kier molecular flexibility index (Phi) is 4.65. The van der Waals surface area contributed by atoms with Crippen LogP contribution in [0.5, 0.6) is 0 Å². The van der Waals surface area contributed by atoms with Gasteiger partial charge >= 0.3 is 5.97 Å². The number of carboxylic acid groups (broad SMARTS) is 1. The SMILES string of the molecule is CCCc1ccccc1NC(=O)Cn1cc(C(=O)O)nn1. The number of anilines is 1. The molecule has 0 aliphatic carbocycles. The molecular weight excluding hydrogens is 272 g/mol. The molecule has 0 aliphatic heterocycles. The quantitative estimate of drug-likeness (QED) is 0.840. The number of carbonyl (C=O) groups is 2. The summed E-state index contributed by atoms with van der Waals surface area (Å²) in [5, 5.41) is 18.6. The molecule has 0 aliphatic rings. The maximum absolute atomic E-state index is 12.0. The van der Waals surface area contributed by atoms with Crippen LogP contribution in [-0.4, -0.2) is 32.0 Å². The minimum Gasteiger partial charge on any atom is -0.476 e. The Morgan fingerprint density at radius 3 is 2.76 bits per heavy atom. The van der Waals surface area contributed by atoms with Crippen molar-refractivity contribution in [1.82, 2.24) is 15.0 Å². The van der Waals surface area contributed by atoms with Gasteiger partial charge < -0.3 is 10.4 Å². The number of aromatic nitrogens is 3. The predicted octanol–water partition coefficient (Wildman–Crippen LogP) is 1.57. The van der Waals surface area contributed by atoms with Crippen LogP contribution < -0.4 is 5.32 Å². The highest BCUT2D eigenvalue weighted by Gasteiger charge is 2.11. The van der Waals surface area contributed by atoms with E-state index in [0.29, 0.717) is 0 Å². The summed E-state index contributed by atoms with van der Waals surface area (Å²) in [6.07, 6.45) is 3.08. The Balaban J connectivity index is 2.02. The standard InChI is InChI=1S/C14H16N4O3/c1-2-5-10-6-3-4-7-11(10)15-13(19)9-18-8-12(14(20)21)16-17-18/h3-4,6-8H,2,5,9H2,1H3,(H,15,19)(H,20,21). The van der Waals surface area contributed by atoms with Crippen LogP contribution in [0, 0.1) is 0 Å². The van der Waals surface area contributed by atoms with Gasteiger partial charge in [0, 0.05) is 5.69 Å². The van der Waals surface area contributed by atoms with Gasteiger partial charge in [0.25, 0.3) is 0 Å². The molecular formula is C14H16N4O3. The summed E-state index contributed by atoms with van der Waals surface area (Å²) in [5.41, 5.74) is 1.65. The monoisotopic (exact) mass is 288 g/mol. The smallest absolute Gasteiger partial charge is 0.358 e. The molecule has 0 radical (unpaired) electrons. The zero-order valence-electron chi connectivity index (χ0n) is 11.6. The molecule has 0 fully saturated rings. The van der Waals surface area contributed by atoms with Crippen LogP contribution in [-0.2, 0) is 17.8 Å². The second-order valence-electron chi connectivity index (χ2n) is 4.56. The Morgan fingerprint density at radius 2 is 2.10 bits per heavy atom. The van der Waals surface area contributed by atoms with Gasteiger partial charge in [-0.25, -0.2) is 9.48 Å². The lowest BCUT2D eigenvalue weighted by Crippen LogP contribution is -2.20. The van der Waals surface area contributed by atoms with Crippen molar-refractivity contribution in [1.29, 1.82) is 0 Å². The first-order chi connectivity index (χ1) is 10.1. The van der Waals surface area contributed by atoms with E-state index in [0.717, 1.165) is 24.1 Å². The van der Waals surface area contributed by atoms with Crippen molar-refractivity contribution < 1.29 is 14.7 Å². The van der Waals surface area contributed by atoms with E-state index >= 15 is 0 Å². The molecule has 0 saturated carbocycles. The molecule has 7 nitrogen and oxygen atoms in total. The van der Waals surface area contributed by atoms with Crippen molar-refractivity contribution in [2.24, 2.45) is 0 Å². The fourth-order valence-electron chi connectivity index (χ4n) is 1.94. The van der Waals surface area contributed by atoms with E-state index in [1.54, 1.807) is 0 Å². The normalized spacial score (nSPS) is 10.3. The van der Waals surface area contributed by atoms with Crippen molar-refractivity contribution >= 4 is 17.6 Å². The first-order valence-corrected chi connectivity index (χ1v) is 6.61. The van der Waals surface area contributed by atoms with E-state index in [1.165, 1.54) is 10.9 Å². The number of rotatable bonds is 6. The summed E-state index contributed by atoms with van der Waals surface area (Å²) in [6, 6.07) is 7.59. The highest BCUT2D eigenvalue weighted by molar-refractivity contribution is 5.91. The second kappa shape index (κ2) is 6.65. The summed E-state index contributed by atoms with van der Waals surface area (Å²) < 4.78 is 1.20. The number of hydrogen-bond donors (Lipinski definition) is 2. The number of benzene rings is 1. The number of nitrogens with zero attached hydrogens (tertiary/aromatic N) is 3. The Morgan fingerprint density at radius 1 is 1.33 bits per heavy atom. The van der Waals surface area contributed by atoms with E-state index in [2.05, 4.69) is 22.6 Å².